The summed E-state index contributed by atoms with van der Waals surface area (Å²) in [6, 6.07) is 0. The Morgan fingerprint density at radius 2 is 2.36 bits per heavy atom. The largest absolute Gasteiger partial charge is 0.388 e. The van der Waals surface area contributed by atoms with Crippen molar-refractivity contribution in [1.29, 1.82) is 0 Å². The van der Waals surface area contributed by atoms with Crippen LogP contribution in [-0.4, -0.2) is 44.8 Å². The zero-order chi connectivity index (χ0) is 10.7. The SMILES string of the molecule is CN(C)C(=O)Cn1c(CO)n[nH]c1=S. The van der Waals surface area contributed by atoms with Gasteiger partial charge in [-0.1, -0.05) is 0 Å². The van der Waals surface area contributed by atoms with Gasteiger partial charge in [0.2, 0.25) is 5.91 Å². The monoisotopic (exact) mass is 216 g/mol. The van der Waals surface area contributed by atoms with E-state index in [0.29, 0.717) is 10.6 Å². The molecular weight excluding hydrogens is 204 g/mol. The maximum atomic E-state index is 11.4. The van der Waals surface area contributed by atoms with Gasteiger partial charge >= 0.3 is 0 Å². The van der Waals surface area contributed by atoms with E-state index in [9.17, 15) is 4.79 Å². The van der Waals surface area contributed by atoms with E-state index in [2.05, 4.69) is 10.2 Å². The second-order valence-corrected chi connectivity index (χ2v) is 3.36. The number of nitrogens with one attached hydrogen (secondary N) is 1. The van der Waals surface area contributed by atoms with Gasteiger partial charge in [0, 0.05) is 14.1 Å². The molecule has 0 aliphatic carbocycles. The van der Waals surface area contributed by atoms with Crippen molar-refractivity contribution in [1.82, 2.24) is 19.7 Å². The third-order valence-corrected chi connectivity index (χ3v) is 2.08. The van der Waals surface area contributed by atoms with Gasteiger partial charge < -0.3 is 10.0 Å². The summed E-state index contributed by atoms with van der Waals surface area (Å²) >= 11 is 4.91. The molecule has 0 saturated heterocycles. The molecule has 0 aromatic carbocycles. The van der Waals surface area contributed by atoms with Gasteiger partial charge in [-0.25, -0.2) is 0 Å². The highest BCUT2D eigenvalue weighted by Crippen LogP contribution is 1.98. The van der Waals surface area contributed by atoms with E-state index in [1.54, 1.807) is 14.1 Å². The number of aliphatic hydroxyl groups excluding tert-OH is 1. The molecule has 6 nitrogen and oxygen atoms in total. The molecule has 78 valence electrons. The summed E-state index contributed by atoms with van der Waals surface area (Å²) in [6.07, 6.45) is 0. The van der Waals surface area contributed by atoms with E-state index in [1.807, 2.05) is 0 Å². The summed E-state index contributed by atoms with van der Waals surface area (Å²) in [5.74, 6) is 0.266. The van der Waals surface area contributed by atoms with Crippen LogP contribution >= 0.6 is 12.2 Å². The van der Waals surface area contributed by atoms with Crippen molar-refractivity contribution in [3.63, 3.8) is 0 Å². The number of H-pyrrole nitrogens is 1. The molecule has 0 saturated carbocycles. The Balaban J connectivity index is 2.90. The van der Waals surface area contributed by atoms with Gasteiger partial charge in [-0.2, -0.15) is 5.10 Å². The number of carbonyl (C=O) groups is 1. The third-order valence-electron chi connectivity index (χ3n) is 1.77. The van der Waals surface area contributed by atoms with Gasteiger partial charge in [0.1, 0.15) is 13.2 Å². The van der Waals surface area contributed by atoms with E-state index < -0.39 is 0 Å². The Morgan fingerprint density at radius 1 is 1.71 bits per heavy atom. The second kappa shape index (κ2) is 4.34. The molecule has 0 fully saturated rings. The molecule has 1 rings (SSSR count). The zero-order valence-corrected chi connectivity index (χ0v) is 8.84. The minimum atomic E-state index is -0.242. The van der Waals surface area contributed by atoms with Crippen LogP contribution in [0.4, 0.5) is 0 Å². The first kappa shape index (κ1) is 10.9. The first-order valence-electron chi connectivity index (χ1n) is 4.01. The number of amides is 1. The van der Waals surface area contributed by atoms with Gasteiger partial charge in [0.05, 0.1) is 0 Å². The van der Waals surface area contributed by atoms with Crippen molar-refractivity contribution >= 4 is 18.1 Å². The lowest BCUT2D eigenvalue weighted by molar-refractivity contribution is -0.129. The lowest BCUT2D eigenvalue weighted by atomic mass is 10.5. The quantitative estimate of drug-likeness (QED) is 0.669. The average molecular weight is 216 g/mol. The van der Waals surface area contributed by atoms with Crippen molar-refractivity contribution < 1.29 is 9.90 Å². The number of hydrogen-bond acceptors (Lipinski definition) is 4. The van der Waals surface area contributed by atoms with Crippen LogP contribution in [0, 0.1) is 4.77 Å². The van der Waals surface area contributed by atoms with Gasteiger partial charge in [-0.15, -0.1) is 0 Å². The Labute approximate surface area is 86.2 Å². The second-order valence-electron chi connectivity index (χ2n) is 2.98. The molecule has 0 atom stereocenters. The number of likely N-dealkylation sites (N-methyl/N-ethyl adjacent to an activating group) is 1. The Bertz CT molecular complexity index is 381. The average Bonchev–Trinajstić information content (AvgIpc) is 2.47. The predicted molar refractivity (Wildman–Crippen MR) is 52.0 cm³/mol. The van der Waals surface area contributed by atoms with Gasteiger partial charge in [-0.3, -0.25) is 14.5 Å². The zero-order valence-electron chi connectivity index (χ0n) is 8.02. The maximum Gasteiger partial charge on any atom is 0.242 e. The molecule has 1 aromatic rings. The maximum absolute atomic E-state index is 11.4. The molecule has 0 bridgehead atoms. The van der Waals surface area contributed by atoms with Crippen LogP contribution in [0.1, 0.15) is 5.82 Å². The summed E-state index contributed by atoms with van der Waals surface area (Å²) in [7, 11) is 3.31. The molecular formula is C7H12N4O2S. The standard InChI is InChI=1S/C7H12N4O2S/c1-10(2)6(13)3-11-5(4-12)8-9-7(11)14/h12H,3-4H2,1-2H3,(H,9,14). The minimum Gasteiger partial charge on any atom is -0.388 e. The van der Waals surface area contributed by atoms with E-state index in [4.69, 9.17) is 17.3 Å². The topological polar surface area (TPSA) is 74.2 Å². The highest BCUT2D eigenvalue weighted by Gasteiger charge is 2.10. The van der Waals surface area contributed by atoms with Crippen molar-refractivity contribution in [3.05, 3.63) is 10.6 Å². The fraction of sp³-hybridized carbons (Fsp3) is 0.571. The molecule has 1 heterocycles. The summed E-state index contributed by atoms with van der Waals surface area (Å²) in [5, 5.41) is 15.2. The molecule has 0 radical (unpaired) electrons. The van der Waals surface area contributed by atoms with Gasteiger partial charge in [0.25, 0.3) is 0 Å². The number of nitrogens with zero attached hydrogens (tertiary/aromatic N) is 3. The summed E-state index contributed by atoms with van der Waals surface area (Å²) < 4.78 is 1.81. The van der Waals surface area contributed by atoms with Crippen LogP contribution in [0.2, 0.25) is 0 Å². The molecule has 14 heavy (non-hydrogen) atoms. The highest BCUT2D eigenvalue weighted by molar-refractivity contribution is 7.71. The summed E-state index contributed by atoms with van der Waals surface area (Å²) in [5.41, 5.74) is 0. The highest BCUT2D eigenvalue weighted by atomic mass is 32.1. The Kier molecular flexibility index (Phi) is 3.37. The first-order chi connectivity index (χ1) is 6.56. The molecule has 0 spiro atoms. The van der Waals surface area contributed by atoms with Crippen molar-refractivity contribution in [2.75, 3.05) is 14.1 Å². The van der Waals surface area contributed by atoms with Crippen LogP contribution in [0.5, 0.6) is 0 Å². The number of carbonyl (C=O) groups excluding carboxylic acids is 1. The normalized spacial score (nSPS) is 10.2. The number of aromatic amines is 1. The van der Waals surface area contributed by atoms with Crippen LogP contribution in [-0.2, 0) is 17.9 Å². The Hall–Kier alpha value is -1.21. The summed E-state index contributed by atoms with van der Waals surface area (Å²) in [6.45, 7) is -0.147. The fourth-order valence-electron chi connectivity index (χ4n) is 0.911. The van der Waals surface area contributed by atoms with Crippen LogP contribution in [0.3, 0.4) is 0 Å². The van der Waals surface area contributed by atoms with E-state index in [1.165, 1.54) is 9.47 Å². The molecule has 1 aromatic heterocycles. The molecule has 0 aliphatic rings. The van der Waals surface area contributed by atoms with Crippen LogP contribution < -0.4 is 0 Å². The molecule has 7 heteroatoms. The van der Waals surface area contributed by atoms with Gasteiger partial charge in [-0.05, 0) is 12.2 Å². The van der Waals surface area contributed by atoms with Crippen molar-refractivity contribution in [2.45, 2.75) is 13.2 Å². The molecule has 2 N–H and O–H groups in total. The van der Waals surface area contributed by atoms with E-state index in [-0.39, 0.29) is 19.1 Å². The molecule has 1 amide bonds. The Morgan fingerprint density at radius 3 is 2.86 bits per heavy atom. The van der Waals surface area contributed by atoms with Crippen molar-refractivity contribution in [2.24, 2.45) is 0 Å². The third kappa shape index (κ3) is 2.18. The lowest BCUT2D eigenvalue weighted by Gasteiger charge is -2.11. The van der Waals surface area contributed by atoms with Crippen molar-refractivity contribution in [3.8, 4) is 0 Å². The fourth-order valence-corrected chi connectivity index (χ4v) is 1.13. The molecule has 0 unspecified atom stereocenters. The van der Waals surface area contributed by atoms with Crippen LogP contribution in [0.25, 0.3) is 0 Å². The van der Waals surface area contributed by atoms with E-state index in [0.717, 1.165) is 0 Å². The number of hydrogen-bond donors (Lipinski definition) is 2. The number of aliphatic hydroxyl groups is 1. The summed E-state index contributed by atoms with van der Waals surface area (Å²) in [4.78, 5) is 12.8. The first-order valence-corrected chi connectivity index (χ1v) is 4.42. The predicted octanol–water partition coefficient (Wildman–Crippen LogP) is -0.479. The van der Waals surface area contributed by atoms with Gasteiger partial charge in [0.15, 0.2) is 10.6 Å². The minimum absolute atomic E-state index is 0.0955. The number of aromatic nitrogens is 3. The smallest absolute Gasteiger partial charge is 0.242 e. The number of rotatable bonds is 3. The lowest BCUT2D eigenvalue weighted by Crippen LogP contribution is -2.27. The van der Waals surface area contributed by atoms with E-state index >= 15 is 0 Å². The van der Waals surface area contributed by atoms with Crippen LogP contribution in [0.15, 0.2) is 0 Å². The molecule has 0 aliphatic heterocycles.